The lowest BCUT2D eigenvalue weighted by molar-refractivity contribution is -0.116. The minimum Gasteiger partial charge on any atom is -0.493 e. The standard InChI is InChI=1S/C15H18N2O2/c1-11(2)10-19-14-7-5-4-6-12(14)8-13(9-16)15(18)17-3/h4-8,11H,10H2,1-3H3,(H,17,18)/b13-8+. The Labute approximate surface area is 113 Å². The van der Waals surface area contributed by atoms with E-state index in [0.717, 1.165) is 5.56 Å². The summed E-state index contributed by atoms with van der Waals surface area (Å²) in [6.07, 6.45) is 1.54. The Balaban J connectivity index is 3.03. The van der Waals surface area contributed by atoms with E-state index in [9.17, 15) is 4.79 Å². The number of hydrogen-bond donors (Lipinski definition) is 1. The summed E-state index contributed by atoms with van der Waals surface area (Å²) in [5.41, 5.74) is 0.784. The van der Waals surface area contributed by atoms with Crippen LogP contribution in [0.4, 0.5) is 0 Å². The number of nitrogens with zero attached hydrogens (tertiary/aromatic N) is 1. The minimum atomic E-state index is -0.402. The molecule has 0 aliphatic carbocycles. The molecule has 19 heavy (non-hydrogen) atoms. The molecule has 0 atom stereocenters. The summed E-state index contributed by atoms with van der Waals surface area (Å²) in [7, 11) is 1.49. The van der Waals surface area contributed by atoms with E-state index < -0.39 is 5.91 Å². The molecule has 1 aromatic rings. The van der Waals surface area contributed by atoms with Gasteiger partial charge in [0.1, 0.15) is 17.4 Å². The predicted molar refractivity (Wildman–Crippen MR) is 74.4 cm³/mol. The topological polar surface area (TPSA) is 62.1 Å². The lowest BCUT2D eigenvalue weighted by atomic mass is 10.1. The lowest BCUT2D eigenvalue weighted by Crippen LogP contribution is -2.19. The van der Waals surface area contributed by atoms with Crippen molar-refractivity contribution in [2.75, 3.05) is 13.7 Å². The van der Waals surface area contributed by atoms with Crippen molar-refractivity contribution in [1.29, 1.82) is 5.26 Å². The zero-order valence-electron chi connectivity index (χ0n) is 11.4. The molecule has 4 heteroatoms. The highest BCUT2D eigenvalue weighted by atomic mass is 16.5. The van der Waals surface area contributed by atoms with Gasteiger partial charge in [0.2, 0.25) is 0 Å². The zero-order valence-corrected chi connectivity index (χ0v) is 11.4. The molecule has 1 N–H and O–H groups in total. The fourth-order valence-corrected chi connectivity index (χ4v) is 1.43. The third kappa shape index (κ3) is 4.47. The van der Waals surface area contributed by atoms with Crippen LogP contribution < -0.4 is 10.1 Å². The number of benzene rings is 1. The highest BCUT2D eigenvalue weighted by Gasteiger charge is 2.09. The molecule has 0 unspecified atom stereocenters. The number of carbonyl (C=O) groups excluding carboxylic acids is 1. The second-order valence-corrected chi connectivity index (χ2v) is 4.49. The van der Waals surface area contributed by atoms with Gasteiger partial charge in [-0.05, 0) is 18.1 Å². The van der Waals surface area contributed by atoms with Crippen molar-refractivity contribution in [2.24, 2.45) is 5.92 Å². The van der Waals surface area contributed by atoms with Gasteiger partial charge >= 0.3 is 0 Å². The number of rotatable bonds is 5. The van der Waals surface area contributed by atoms with E-state index in [1.165, 1.54) is 13.1 Å². The maximum Gasteiger partial charge on any atom is 0.261 e. The number of nitrogens with one attached hydrogen (secondary N) is 1. The summed E-state index contributed by atoms with van der Waals surface area (Å²) in [4.78, 5) is 11.5. The van der Waals surface area contributed by atoms with E-state index in [0.29, 0.717) is 18.3 Å². The first kappa shape index (κ1) is 14.8. The second-order valence-electron chi connectivity index (χ2n) is 4.49. The van der Waals surface area contributed by atoms with Gasteiger partial charge in [-0.2, -0.15) is 5.26 Å². The molecule has 0 spiro atoms. The molecule has 1 amide bonds. The number of carbonyl (C=O) groups is 1. The average molecular weight is 258 g/mol. The molecule has 100 valence electrons. The van der Waals surface area contributed by atoms with Crippen LogP contribution >= 0.6 is 0 Å². The molecule has 1 rings (SSSR count). The summed E-state index contributed by atoms with van der Waals surface area (Å²) in [6.45, 7) is 4.71. The molecule has 0 radical (unpaired) electrons. The van der Waals surface area contributed by atoms with Crippen LogP contribution in [0, 0.1) is 17.2 Å². The fourth-order valence-electron chi connectivity index (χ4n) is 1.43. The van der Waals surface area contributed by atoms with Crippen LogP contribution in [0.1, 0.15) is 19.4 Å². The molecule has 0 aliphatic heterocycles. The quantitative estimate of drug-likeness (QED) is 0.651. The molecule has 0 aliphatic rings. The average Bonchev–Trinajstić information content (AvgIpc) is 2.42. The molecular weight excluding hydrogens is 240 g/mol. The molecule has 0 saturated heterocycles. The fraction of sp³-hybridized carbons (Fsp3) is 0.333. The third-order valence-electron chi connectivity index (χ3n) is 2.38. The minimum absolute atomic E-state index is 0.0584. The van der Waals surface area contributed by atoms with Gasteiger partial charge in [-0.15, -0.1) is 0 Å². The first-order valence-electron chi connectivity index (χ1n) is 6.14. The Morgan fingerprint density at radius 3 is 2.74 bits per heavy atom. The molecule has 1 aromatic carbocycles. The third-order valence-corrected chi connectivity index (χ3v) is 2.38. The van der Waals surface area contributed by atoms with Crippen molar-refractivity contribution in [1.82, 2.24) is 5.32 Å². The van der Waals surface area contributed by atoms with Crippen molar-refractivity contribution in [3.63, 3.8) is 0 Å². The summed E-state index contributed by atoms with van der Waals surface area (Å²) < 4.78 is 5.67. The highest BCUT2D eigenvalue weighted by molar-refractivity contribution is 6.01. The van der Waals surface area contributed by atoms with E-state index >= 15 is 0 Å². The number of ether oxygens (including phenoxy) is 1. The van der Waals surface area contributed by atoms with Gasteiger partial charge in [0.05, 0.1) is 6.61 Å². The summed E-state index contributed by atoms with van der Waals surface area (Å²) in [6, 6.07) is 9.23. The van der Waals surface area contributed by atoms with Gasteiger partial charge in [-0.25, -0.2) is 0 Å². The predicted octanol–water partition coefficient (Wildman–Crippen LogP) is 2.37. The van der Waals surface area contributed by atoms with Crippen molar-refractivity contribution in [2.45, 2.75) is 13.8 Å². The van der Waals surface area contributed by atoms with Crippen LogP contribution in [0.25, 0.3) is 6.08 Å². The van der Waals surface area contributed by atoms with Crippen LogP contribution in [-0.2, 0) is 4.79 Å². The smallest absolute Gasteiger partial charge is 0.261 e. The largest absolute Gasteiger partial charge is 0.493 e. The molecule has 4 nitrogen and oxygen atoms in total. The molecule has 0 saturated carbocycles. The van der Waals surface area contributed by atoms with Gasteiger partial charge in [0.15, 0.2) is 0 Å². The Morgan fingerprint density at radius 1 is 1.47 bits per heavy atom. The van der Waals surface area contributed by atoms with Gasteiger partial charge in [-0.3, -0.25) is 4.79 Å². The molecule has 0 heterocycles. The van der Waals surface area contributed by atoms with Crippen LogP contribution in [0.3, 0.4) is 0 Å². The Bertz CT molecular complexity index is 513. The summed E-state index contributed by atoms with van der Waals surface area (Å²) in [5, 5.41) is 11.4. The van der Waals surface area contributed by atoms with Crippen molar-refractivity contribution in [3.8, 4) is 11.8 Å². The van der Waals surface area contributed by atoms with Crippen molar-refractivity contribution < 1.29 is 9.53 Å². The van der Waals surface area contributed by atoms with Gasteiger partial charge in [-0.1, -0.05) is 32.0 Å². The number of para-hydroxylation sites is 1. The van der Waals surface area contributed by atoms with E-state index in [-0.39, 0.29) is 5.57 Å². The van der Waals surface area contributed by atoms with Crippen molar-refractivity contribution in [3.05, 3.63) is 35.4 Å². The van der Waals surface area contributed by atoms with Gasteiger partial charge in [0, 0.05) is 12.6 Å². The number of likely N-dealkylation sites (N-methyl/N-ethyl adjacent to an activating group) is 1. The second kappa shape index (κ2) is 7.22. The first-order chi connectivity index (χ1) is 9.08. The van der Waals surface area contributed by atoms with Crippen LogP contribution in [-0.4, -0.2) is 19.6 Å². The Morgan fingerprint density at radius 2 is 2.16 bits per heavy atom. The van der Waals surface area contributed by atoms with E-state index in [4.69, 9.17) is 10.00 Å². The van der Waals surface area contributed by atoms with Crippen LogP contribution in [0.2, 0.25) is 0 Å². The van der Waals surface area contributed by atoms with Crippen LogP contribution in [0.5, 0.6) is 5.75 Å². The maximum atomic E-state index is 11.5. The van der Waals surface area contributed by atoms with E-state index in [1.807, 2.05) is 30.3 Å². The molecular formula is C15H18N2O2. The molecule has 0 aromatic heterocycles. The number of nitriles is 1. The van der Waals surface area contributed by atoms with Crippen molar-refractivity contribution >= 4 is 12.0 Å². The Hall–Kier alpha value is -2.28. The Kier molecular flexibility index (Phi) is 5.62. The SMILES string of the molecule is CNC(=O)/C(C#N)=C/c1ccccc1OCC(C)C. The van der Waals surface area contributed by atoms with Crippen LogP contribution in [0.15, 0.2) is 29.8 Å². The van der Waals surface area contributed by atoms with Gasteiger partial charge < -0.3 is 10.1 Å². The monoisotopic (exact) mass is 258 g/mol. The van der Waals surface area contributed by atoms with E-state index in [1.54, 1.807) is 0 Å². The highest BCUT2D eigenvalue weighted by Crippen LogP contribution is 2.21. The molecule has 0 fully saturated rings. The summed E-state index contributed by atoms with van der Waals surface area (Å²) in [5.74, 6) is 0.681. The first-order valence-corrected chi connectivity index (χ1v) is 6.14. The maximum absolute atomic E-state index is 11.5. The van der Waals surface area contributed by atoms with Gasteiger partial charge in [0.25, 0.3) is 5.91 Å². The zero-order chi connectivity index (χ0) is 14.3. The molecule has 0 bridgehead atoms. The normalized spacial score (nSPS) is 11.0. The summed E-state index contributed by atoms with van der Waals surface area (Å²) >= 11 is 0. The number of amides is 1. The lowest BCUT2D eigenvalue weighted by Gasteiger charge is -2.11. The van der Waals surface area contributed by atoms with E-state index in [2.05, 4.69) is 19.2 Å². The number of hydrogen-bond acceptors (Lipinski definition) is 3.